The first-order valence-corrected chi connectivity index (χ1v) is 8.26. The summed E-state index contributed by atoms with van der Waals surface area (Å²) < 4.78 is 10.6. The van der Waals surface area contributed by atoms with E-state index >= 15 is 0 Å². The molecule has 0 heterocycles. The number of amides is 2. The summed E-state index contributed by atoms with van der Waals surface area (Å²) in [6.45, 7) is 3.64. The zero-order chi connectivity index (χ0) is 16.9. The summed E-state index contributed by atoms with van der Waals surface area (Å²) in [4.78, 5) is 33.1. The molecular formula is C16H28N2O5. The maximum absolute atomic E-state index is 11.8. The van der Waals surface area contributed by atoms with Crippen molar-refractivity contribution in [3.8, 4) is 0 Å². The molecule has 7 heteroatoms. The van der Waals surface area contributed by atoms with Gasteiger partial charge in [-0.25, -0.2) is 0 Å². The van der Waals surface area contributed by atoms with Crippen LogP contribution in [0.1, 0.15) is 39.0 Å². The SMILES string of the molecule is CC(=O)NCCOCCOCCC(=O)NC1CCC(C=O)CC1. The van der Waals surface area contributed by atoms with Crippen LogP contribution >= 0.6 is 0 Å². The Morgan fingerprint density at radius 1 is 1.04 bits per heavy atom. The second kappa shape index (κ2) is 12.0. The third-order valence-electron chi connectivity index (χ3n) is 3.80. The van der Waals surface area contributed by atoms with E-state index in [1.165, 1.54) is 6.92 Å². The first kappa shape index (κ1) is 19.6. The van der Waals surface area contributed by atoms with Crippen molar-refractivity contribution in [2.24, 2.45) is 5.92 Å². The third-order valence-corrected chi connectivity index (χ3v) is 3.80. The number of carbonyl (C=O) groups is 3. The molecule has 1 aliphatic carbocycles. The quantitative estimate of drug-likeness (QED) is 0.423. The summed E-state index contributed by atoms with van der Waals surface area (Å²) in [6.07, 6.45) is 4.82. The Morgan fingerprint density at radius 3 is 2.30 bits per heavy atom. The summed E-state index contributed by atoms with van der Waals surface area (Å²) >= 11 is 0. The van der Waals surface area contributed by atoms with E-state index in [9.17, 15) is 14.4 Å². The number of aldehydes is 1. The average molecular weight is 328 g/mol. The molecule has 132 valence electrons. The topological polar surface area (TPSA) is 93.7 Å². The van der Waals surface area contributed by atoms with Crippen molar-refractivity contribution in [2.45, 2.75) is 45.1 Å². The maximum Gasteiger partial charge on any atom is 0.222 e. The Kier molecular flexibility index (Phi) is 10.2. The molecule has 1 fully saturated rings. The minimum atomic E-state index is -0.0736. The number of nitrogens with one attached hydrogen (secondary N) is 2. The van der Waals surface area contributed by atoms with Gasteiger partial charge < -0.3 is 24.9 Å². The minimum Gasteiger partial charge on any atom is -0.379 e. The molecule has 0 aliphatic heterocycles. The zero-order valence-electron chi connectivity index (χ0n) is 13.8. The lowest BCUT2D eigenvalue weighted by Crippen LogP contribution is -2.38. The van der Waals surface area contributed by atoms with Gasteiger partial charge in [-0.15, -0.1) is 0 Å². The Balaban J connectivity index is 1.90. The monoisotopic (exact) mass is 328 g/mol. The van der Waals surface area contributed by atoms with Gasteiger partial charge in [-0.3, -0.25) is 9.59 Å². The average Bonchev–Trinajstić information content (AvgIpc) is 2.53. The Bertz CT molecular complexity index is 367. The van der Waals surface area contributed by atoms with E-state index < -0.39 is 0 Å². The van der Waals surface area contributed by atoms with E-state index in [1.807, 2.05) is 0 Å². The fourth-order valence-corrected chi connectivity index (χ4v) is 2.49. The Labute approximate surface area is 137 Å². The number of rotatable bonds is 11. The molecule has 0 spiro atoms. The van der Waals surface area contributed by atoms with Crippen molar-refractivity contribution < 1.29 is 23.9 Å². The minimum absolute atomic E-state index is 0.00821. The van der Waals surface area contributed by atoms with Gasteiger partial charge in [0, 0.05) is 31.8 Å². The Morgan fingerprint density at radius 2 is 1.70 bits per heavy atom. The van der Waals surface area contributed by atoms with Gasteiger partial charge in [0.05, 0.1) is 26.4 Å². The van der Waals surface area contributed by atoms with Gasteiger partial charge in [0.15, 0.2) is 0 Å². The summed E-state index contributed by atoms with van der Waals surface area (Å²) in [5.74, 6) is 0.0822. The molecule has 0 aromatic rings. The van der Waals surface area contributed by atoms with Gasteiger partial charge in [-0.2, -0.15) is 0 Å². The van der Waals surface area contributed by atoms with Crippen molar-refractivity contribution in [2.75, 3.05) is 33.0 Å². The standard InChI is InChI=1S/C16H28N2O5/c1-13(20)17-7-9-23-11-10-22-8-6-16(21)18-15-4-2-14(12-19)3-5-15/h12,14-15H,2-11H2,1H3,(H,17,20)(H,18,21). The first-order chi connectivity index (χ1) is 11.1. The summed E-state index contributed by atoms with van der Waals surface area (Å²) in [6, 6.07) is 0.191. The highest BCUT2D eigenvalue weighted by Crippen LogP contribution is 2.22. The van der Waals surface area contributed by atoms with Gasteiger partial charge in [-0.05, 0) is 25.7 Å². The van der Waals surface area contributed by atoms with E-state index in [2.05, 4.69) is 10.6 Å². The van der Waals surface area contributed by atoms with Crippen LogP contribution in [0.5, 0.6) is 0 Å². The molecule has 0 aromatic carbocycles. The van der Waals surface area contributed by atoms with Crippen molar-refractivity contribution >= 4 is 18.1 Å². The van der Waals surface area contributed by atoms with Crippen LogP contribution in [-0.4, -0.2) is 57.1 Å². The summed E-state index contributed by atoms with van der Waals surface area (Å²) in [5, 5.41) is 5.62. The highest BCUT2D eigenvalue weighted by molar-refractivity contribution is 5.76. The van der Waals surface area contributed by atoms with Crippen LogP contribution < -0.4 is 10.6 Å². The zero-order valence-corrected chi connectivity index (χ0v) is 13.8. The largest absolute Gasteiger partial charge is 0.379 e. The molecule has 23 heavy (non-hydrogen) atoms. The number of ether oxygens (including phenoxy) is 2. The number of carbonyl (C=O) groups excluding carboxylic acids is 3. The smallest absolute Gasteiger partial charge is 0.222 e. The molecule has 0 atom stereocenters. The first-order valence-electron chi connectivity index (χ1n) is 8.26. The molecule has 2 amide bonds. The summed E-state index contributed by atoms with van der Waals surface area (Å²) in [7, 11) is 0. The van der Waals surface area contributed by atoms with Gasteiger partial charge >= 0.3 is 0 Å². The molecule has 1 saturated carbocycles. The highest BCUT2D eigenvalue weighted by Gasteiger charge is 2.21. The van der Waals surface area contributed by atoms with Crippen molar-refractivity contribution in [3.05, 3.63) is 0 Å². The third kappa shape index (κ3) is 10.0. The van der Waals surface area contributed by atoms with E-state index in [-0.39, 0.29) is 23.8 Å². The molecule has 0 unspecified atom stereocenters. The van der Waals surface area contributed by atoms with Crippen LogP contribution in [0.2, 0.25) is 0 Å². The molecule has 1 aliphatic rings. The van der Waals surface area contributed by atoms with Crippen molar-refractivity contribution in [3.63, 3.8) is 0 Å². The Hall–Kier alpha value is -1.47. The van der Waals surface area contributed by atoms with Crippen LogP contribution in [0.25, 0.3) is 0 Å². The number of hydrogen-bond acceptors (Lipinski definition) is 5. The molecule has 0 bridgehead atoms. The molecular weight excluding hydrogens is 300 g/mol. The molecule has 0 saturated heterocycles. The van der Waals surface area contributed by atoms with Gasteiger partial charge in [-0.1, -0.05) is 0 Å². The maximum atomic E-state index is 11.8. The summed E-state index contributed by atoms with van der Waals surface area (Å²) in [5.41, 5.74) is 0. The van der Waals surface area contributed by atoms with Gasteiger partial charge in [0.2, 0.25) is 11.8 Å². The highest BCUT2D eigenvalue weighted by atomic mass is 16.5. The van der Waals surface area contributed by atoms with Crippen LogP contribution in [-0.2, 0) is 23.9 Å². The van der Waals surface area contributed by atoms with Crippen LogP contribution in [0.15, 0.2) is 0 Å². The van der Waals surface area contributed by atoms with Gasteiger partial charge in [0.1, 0.15) is 6.29 Å². The van der Waals surface area contributed by atoms with E-state index in [0.29, 0.717) is 39.4 Å². The van der Waals surface area contributed by atoms with Crippen LogP contribution in [0, 0.1) is 5.92 Å². The lowest BCUT2D eigenvalue weighted by molar-refractivity contribution is -0.123. The lowest BCUT2D eigenvalue weighted by atomic mass is 9.87. The van der Waals surface area contributed by atoms with Gasteiger partial charge in [0.25, 0.3) is 0 Å². The fraction of sp³-hybridized carbons (Fsp3) is 0.812. The van der Waals surface area contributed by atoms with E-state index in [1.54, 1.807) is 0 Å². The molecule has 0 aromatic heterocycles. The van der Waals surface area contributed by atoms with Crippen molar-refractivity contribution in [1.29, 1.82) is 0 Å². The molecule has 1 rings (SSSR count). The van der Waals surface area contributed by atoms with Crippen LogP contribution in [0.3, 0.4) is 0 Å². The predicted octanol–water partition coefficient (Wildman–Crippen LogP) is 0.420. The fourth-order valence-electron chi connectivity index (χ4n) is 2.49. The normalized spacial score (nSPS) is 20.7. The number of hydrogen-bond donors (Lipinski definition) is 2. The lowest BCUT2D eigenvalue weighted by Gasteiger charge is -2.26. The second-order valence-electron chi connectivity index (χ2n) is 5.77. The van der Waals surface area contributed by atoms with E-state index in [4.69, 9.17) is 9.47 Å². The van der Waals surface area contributed by atoms with Crippen LogP contribution in [0.4, 0.5) is 0 Å². The van der Waals surface area contributed by atoms with E-state index in [0.717, 1.165) is 32.0 Å². The molecule has 0 radical (unpaired) electrons. The molecule has 2 N–H and O–H groups in total. The molecule has 7 nitrogen and oxygen atoms in total. The van der Waals surface area contributed by atoms with Crippen molar-refractivity contribution in [1.82, 2.24) is 10.6 Å². The second-order valence-corrected chi connectivity index (χ2v) is 5.77. The predicted molar refractivity (Wildman–Crippen MR) is 84.9 cm³/mol.